The molecule has 0 amide bonds. The van der Waals surface area contributed by atoms with E-state index in [0.717, 1.165) is 28.2 Å². The van der Waals surface area contributed by atoms with Gasteiger partial charge in [0.25, 0.3) is 0 Å². The van der Waals surface area contributed by atoms with Gasteiger partial charge in [-0.3, -0.25) is 0 Å². The highest BCUT2D eigenvalue weighted by atomic mass is 16.5. The van der Waals surface area contributed by atoms with Crippen LogP contribution in [0.2, 0.25) is 0 Å². The molecule has 3 aromatic rings. The zero-order valence-corrected chi connectivity index (χ0v) is 17.8. The monoisotopic (exact) mass is 420 g/mol. The summed E-state index contributed by atoms with van der Waals surface area (Å²) in [5, 5.41) is 16.6. The summed E-state index contributed by atoms with van der Waals surface area (Å²) in [6.07, 6.45) is 1.27. The topological polar surface area (TPSA) is 95.9 Å². The summed E-state index contributed by atoms with van der Waals surface area (Å²) in [5.41, 5.74) is 3.97. The van der Waals surface area contributed by atoms with Crippen LogP contribution in [-0.2, 0) is 18.4 Å². The third kappa shape index (κ3) is 4.25. The molecule has 1 aliphatic heterocycles. The van der Waals surface area contributed by atoms with Crippen molar-refractivity contribution in [1.29, 1.82) is 0 Å². The van der Waals surface area contributed by atoms with Crippen LogP contribution >= 0.6 is 0 Å². The van der Waals surface area contributed by atoms with E-state index in [1.165, 1.54) is 9.36 Å². The molecular weight excluding hydrogens is 396 g/mol. The summed E-state index contributed by atoms with van der Waals surface area (Å²) >= 11 is 0. The lowest BCUT2D eigenvalue weighted by atomic mass is 10.0. The number of ether oxygens (including phenoxy) is 2. The van der Waals surface area contributed by atoms with Crippen LogP contribution in [0.1, 0.15) is 36.5 Å². The molecule has 1 aliphatic rings. The Labute approximate surface area is 179 Å². The van der Waals surface area contributed by atoms with Gasteiger partial charge in [0.05, 0.1) is 18.0 Å². The Kier molecular flexibility index (Phi) is 5.92. The fraction of sp³-hybridized carbons (Fsp3) is 0.318. The molecular formula is C22H24N6O3. The molecule has 2 aromatic carbocycles. The zero-order chi connectivity index (χ0) is 21.8. The number of hydrogen-bond donors (Lipinski definition) is 0. The molecule has 9 heteroatoms. The number of nitrogens with zero attached hydrogens (tertiary/aromatic N) is 6. The molecule has 0 aliphatic carbocycles. The minimum atomic E-state index is -0.319. The zero-order valence-electron chi connectivity index (χ0n) is 17.8. The third-order valence-electron chi connectivity index (χ3n) is 5.10. The van der Waals surface area contributed by atoms with E-state index in [0.29, 0.717) is 31.0 Å². The average Bonchev–Trinajstić information content (AvgIpc) is 3.12. The van der Waals surface area contributed by atoms with Crippen molar-refractivity contribution >= 4 is 11.6 Å². The van der Waals surface area contributed by atoms with E-state index in [4.69, 9.17) is 9.47 Å². The summed E-state index contributed by atoms with van der Waals surface area (Å²) in [7, 11) is 1.56. The maximum absolute atomic E-state index is 12.3. The summed E-state index contributed by atoms with van der Waals surface area (Å²) < 4.78 is 14.1. The second-order valence-corrected chi connectivity index (χ2v) is 7.15. The molecule has 31 heavy (non-hydrogen) atoms. The lowest BCUT2D eigenvalue weighted by molar-refractivity contribution is 0.282. The molecule has 0 spiro atoms. The molecule has 0 fully saturated rings. The van der Waals surface area contributed by atoms with Crippen molar-refractivity contribution in [3.05, 3.63) is 69.6 Å². The largest absolute Gasteiger partial charge is 0.492 e. The van der Waals surface area contributed by atoms with Crippen molar-refractivity contribution < 1.29 is 9.47 Å². The molecule has 0 unspecified atom stereocenters. The van der Waals surface area contributed by atoms with Gasteiger partial charge in [-0.05, 0) is 41.1 Å². The van der Waals surface area contributed by atoms with E-state index >= 15 is 0 Å². The normalized spacial score (nSPS) is 14.9. The fourth-order valence-electron chi connectivity index (χ4n) is 3.34. The van der Waals surface area contributed by atoms with Crippen molar-refractivity contribution in [3.63, 3.8) is 0 Å². The van der Waals surface area contributed by atoms with Crippen molar-refractivity contribution in [2.75, 3.05) is 6.61 Å². The van der Waals surface area contributed by atoms with Gasteiger partial charge >= 0.3 is 5.69 Å². The molecule has 0 N–H and O–H groups in total. The predicted octanol–water partition coefficient (Wildman–Crippen LogP) is 2.79. The van der Waals surface area contributed by atoms with E-state index in [9.17, 15) is 4.79 Å². The first-order valence-corrected chi connectivity index (χ1v) is 10.1. The smallest absolute Gasteiger partial charge is 0.368 e. The van der Waals surface area contributed by atoms with Crippen LogP contribution in [-0.4, -0.2) is 38.0 Å². The first kappa shape index (κ1) is 20.5. The van der Waals surface area contributed by atoms with E-state index in [-0.39, 0.29) is 12.3 Å². The molecule has 160 valence electrons. The first-order valence-electron chi connectivity index (χ1n) is 10.1. The Bertz CT molecular complexity index is 1210. The summed E-state index contributed by atoms with van der Waals surface area (Å²) in [5.74, 6) is 1.33. The minimum absolute atomic E-state index is 0.238. The molecule has 1 aromatic heterocycles. The SMILES string of the molecule is CC/C(=N\N=C1\CCOc2ccccc21)OCc1c(C)cccc1-n1nnn(C)c1=O. The van der Waals surface area contributed by atoms with E-state index in [2.05, 4.69) is 20.6 Å². The molecule has 0 bridgehead atoms. The Balaban J connectivity index is 1.58. The molecule has 9 nitrogen and oxygen atoms in total. The van der Waals surface area contributed by atoms with Gasteiger partial charge in [0.1, 0.15) is 12.4 Å². The van der Waals surface area contributed by atoms with Crippen molar-refractivity contribution in [2.24, 2.45) is 17.3 Å². The minimum Gasteiger partial charge on any atom is -0.492 e. The maximum atomic E-state index is 12.3. The number of tetrazole rings is 1. The molecule has 4 rings (SSSR count). The van der Waals surface area contributed by atoms with Crippen LogP contribution < -0.4 is 10.4 Å². The Morgan fingerprint density at radius 3 is 2.81 bits per heavy atom. The standard InChI is InChI=1S/C22H24N6O3/c1-4-21(24-23-18-12-13-30-20-11-6-5-9-16(18)20)31-14-17-15(2)8-7-10-19(17)28-22(29)27(3)25-26-28/h5-11H,4,12-14H2,1-3H3/b23-18-,24-21+. The maximum Gasteiger partial charge on any atom is 0.368 e. The van der Waals surface area contributed by atoms with Crippen LogP contribution in [0.15, 0.2) is 57.5 Å². The number of aryl methyl sites for hydroxylation is 2. The lowest BCUT2D eigenvalue weighted by Gasteiger charge is -2.18. The van der Waals surface area contributed by atoms with Gasteiger partial charge < -0.3 is 9.47 Å². The molecule has 0 saturated carbocycles. The molecule has 0 saturated heterocycles. The number of benzene rings is 2. The molecule has 0 atom stereocenters. The number of aromatic nitrogens is 4. The number of fused-ring (bicyclic) bond motifs is 1. The van der Waals surface area contributed by atoms with Gasteiger partial charge in [-0.1, -0.05) is 31.2 Å². The summed E-state index contributed by atoms with van der Waals surface area (Å²) in [6, 6.07) is 13.5. The second kappa shape index (κ2) is 8.95. The van der Waals surface area contributed by atoms with Gasteiger partial charge in [-0.2, -0.15) is 14.5 Å². The van der Waals surface area contributed by atoms with Crippen molar-refractivity contribution in [2.45, 2.75) is 33.3 Å². The van der Waals surface area contributed by atoms with E-state index < -0.39 is 0 Å². The lowest BCUT2D eigenvalue weighted by Crippen LogP contribution is -2.23. The fourth-order valence-corrected chi connectivity index (χ4v) is 3.34. The number of para-hydroxylation sites is 1. The molecule has 0 radical (unpaired) electrons. The quantitative estimate of drug-likeness (QED) is 0.359. The average molecular weight is 420 g/mol. The number of rotatable bonds is 5. The van der Waals surface area contributed by atoms with Crippen molar-refractivity contribution in [3.8, 4) is 11.4 Å². The van der Waals surface area contributed by atoms with Crippen LogP contribution in [0.5, 0.6) is 5.75 Å². The third-order valence-corrected chi connectivity index (χ3v) is 5.10. The Morgan fingerprint density at radius 2 is 2.03 bits per heavy atom. The highest BCUT2D eigenvalue weighted by molar-refractivity contribution is 6.03. The highest BCUT2D eigenvalue weighted by Gasteiger charge is 2.17. The summed E-state index contributed by atoms with van der Waals surface area (Å²) in [6.45, 7) is 4.74. The molecule has 2 heterocycles. The van der Waals surface area contributed by atoms with Crippen LogP contribution in [0, 0.1) is 6.92 Å². The Hall–Kier alpha value is -3.75. The second-order valence-electron chi connectivity index (χ2n) is 7.15. The van der Waals surface area contributed by atoms with Crippen LogP contribution in [0.4, 0.5) is 0 Å². The van der Waals surface area contributed by atoms with Gasteiger partial charge in [0.2, 0.25) is 5.90 Å². The van der Waals surface area contributed by atoms with E-state index in [1.807, 2.05) is 56.3 Å². The van der Waals surface area contributed by atoms with Gasteiger partial charge in [0, 0.05) is 31.0 Å². The van der Waals surface area contributed by atoms with Crippen molar-refractivity contribution in [1.82, 2.24) is 19.8 Å². The number of hydrogen-bond acceptors (Lipinski definition) is 7. The van der Waals surface area contributed by atoms with Crippen LogP contribution in [0.25, 0.3) is 5.69 Å². The Morgan fingerprint density at radius 1 is 1.19 bits per heavy atom. The summed E-state index contributed by atoms with van der Waals surface area (Å²) in [4.78, 5) is 12.3. The van der Waals surface area contributed by atoms with Gasteiger partial charge in [0.15, 0.2) is 0 Å². The first-order chi connectivity index (χ1) is 15.1. The van der Waals surface area contributed by atoms with Crippen LogP contribution in [0.3, 0.4) is 0 Å². The highest BCUT2D eigenvalue weighted by Crippen LogP contribution is 2.24. The predicted molar refractivity (Wildman–Crippen MR) is 117 cm³/mol. The van der Waals surface area contributed by atoms with Gasteiger partial charge in [-0.25, -0.2) is 4.79 Å². The van der Waals surface area contributed by atoms with E-state index in [1.54, 1.807) is 7.05 Å². The van der Waals surface area contributed by atoms with Gasteiger partial charge in [-0.15, -0.1) is 5.10 Å².